The summed E-state index contributed by atoms with van der Waals surface area (Å²) >= 11 is 6.91. The molecule has 0 aromatic heterocycles. The van der Waals surface area contributed by atoms with Crippen LogP contribution in [-0.2, 0) is 14.3 Å². The third kappa shape index (κ3) is 5.54. The van der Waals surface area contributed by atoms with Crippen molar-refractivity contribution < 1.29 is 23.9 Å². The molecule has 0 bridgehead atoms. The molecule has 27 heavy (non-hydrogen) atoms. The maximum atomic E-state index is 12.3. The van der Waals surface area contributed by atoms with Crippen LogP contribution < -0.4 is 10.1 Å². The zero-order chi connectivity index (χ0) is 20.0. The van der Waals surface area contributed by atoms with Crippen molar-refractivity contribution in [2.24, 2.45) is 15.9 Å². The number of amides is 3. The minimum atomic E-state index is -0.888. The molecule has 0 fully saturated rings. The number of methoxy groups -OCH3 is 1. The summed E-state index contributed by atoms with van der Waals surface area (Å²) in [6.45, 7) is 3.41. The van der Waals surface area contributed by atoms with Crippen molar-refractivity contribution in [2.45, 2.75) is 13.8 Å². The molecule has 8 nitrogen and oxygen atoms in total. The quantitative estimate of drug-likeness (QED) is 0.720. The smallest absolute Gasteiger partial charge is 0.367 e. The molecule has 1 heterocycles. The lowest BCUT2D eigenvalue weighted by Crippen LogP contribution is -2.34. The lowest BCUT2D eigenvalue weighted by molar-refractivity contribution is -0.143. The Kier molecular flexibility index (Phi) is 7.37. The molecule has 10 heteroatoms. The Morgan fingerprint density at radius 2 is 2.07 bits per heavy atom. The second kappa shape index (κ2) is 9.52. The van der Waals surface area contributed by atoms with Gasteiger partial charge in [-0.3, -0.25) is 9.59 Å². The first kappa shape index (κ1) is 20.9. The van der Waals surface area contributed by atoms with Gasteiger partial charge in [-0.2, -0.15) is 9.98 Å². The highest BCUT2D eigenvalue weighted by Gasteiger charge is 2.33. The Balaban J connectivity index is 2.07. The first-order valence-electron chi connectivity index (χ1n) is 7.96. The van der Waals surface area contributed by atoms with E-state index in [4.69, 9.17) is 21.1 Å². The van der Waals surface area contributed by atoms with Gasteiger partial charge in [0.15, 0.2) is 0 Å². The molecule has 1 aliphatic heterocycles. The lowest BCUT2D eigenvalue weighted by Gasteiger charge is -2.19. The summed E-state index contributed by atoms with van der Waals surface area (Å²) in [6.07, 6.45) is 0. The number of rotatable bonds is 6. The Bertz CT molecular complexity index is 825. The van der Waals surface area contributed by atoms with E-state index in [0.29, 0.717) is 16.5 Å². The molecule has 0 saturated heterocycles. The van der Waals surface area contributed by atoms with E-state index in [1.807, 2.05) is 0 Å². The van der Waals surface area contributed by atoms with Gasteiger partial charge in [0.25, 0.3) is 0 Å². The monoisotopic (exact) mass is 411 g/mol. The van der Waals surface area contributed by atoms with Gasteiger partial charge >= 0.3 is 12.0 Å². The summed E-state index contributed by atoms with van der Waals surface area (Å²) in [7, 11) is 1.47. The molecule has 1 aliphatic rings. The van der Waals surface area contributed by atoms with Crippen LogP contribution in [0.5, 0.6) is 5.75 Å². The van der Waals surface area contributed by atoms with E-state index in [-0.39, 0.29) is 29.0 Å². The average molecular weight is 412 g/mol. The van der Waals surface area contributed by atoms with Crippen LogP contribution in [0.1, 0.15) is 13.8 Å². The van der Waals surface area contributed by atoms with Crippen molar-refractivity contribution in [3.63, 3.8) is 0 Å². The number of carbonyl (C=O) groups is 3. The Hall–Kier alpha value is -2.39. The SMILES string of the molecule is CCOC(=O)C1C(C)=NC(=O)N=C1SCC(=O)Nc1cc(Cl)ccc1OC. The minimum absolute atomic E-state index is 0.0784. The summed E-state index contributed by atoms with van der Waals surface area (Å²) in [4.78, 5) is 43.5. The third-order valence-corrected chi connectivity index (χ3v) is 4.72. The number of anilines is 1. The molecule has 0 spiro atoms. The molecule has 0 aliphatic carbocycles. The van der Waals surface area contributed by atoms with Crippen molar-refractivity contribution >= 4 is 57.7 Å². The highest BCUT2D eigenvalue weighted by atomic mass is 35.5. The second-order valence-corrected chi connectivity index (χ2v) is 6.78. The first-order valence-corrected chi connectivity index (χ1v) is 9.32. The Labute approximate surface area is 165 Å². The summed E-state index contributed by atoms with van der Waals surface area (Å²) in [5, 5.41) is 3.30. The van der Waals surface area contributed by atoms with Gasteiger partial charge in [0.1, 0.15) is 11.7 Å². The number of benzene rings is 1. The van der Waals surface area contributed by atoms with Crippen LogP contribution in [0.3, 0.4) is 0 Å². The van der Waals surface area contributed by atoms with Crippen molar-refractivity contribution in [3.8, 4) is 5.75 Å². The molecule has 0 radical (unpaired) electrons. The second-order valence-electron chi connectivity index (χ2n) is 5.35. The fourth-order valence-electron chi connectivity index (χ4n) is 2.29. The number of nitrogens with zero attached hydrogens (tertiary/aromatic N) is 2. The molecular formula is C17H18ClN3O5S. The van der Waals surface area contributed by atoms with E-state index < -0.39 is 17.9 Å². The van der Waals surface area contributed by atoms with Gasteiger partial charge in [0.05, 0.1) is 30.2 Å². The number of hydrogen-bond donors (Lipinski definition) is 1. The van der Waals surface area contributed by atoms with Crippen LogP contribution in [0.25, 0.3) is 0 Å². The fraction of sp³-hybridized carbons (Fsp3) is 0.353. The van der Waals surface area contributed by atoms with Crippen LogP contribution >= 0.6 is 23.4 Å². The number of ether oxygens (including phenoxy) is 2. The van der Waals surface area contributed by atoms with Gasteiger partial charge in [0.2, 0.25) is 5.91 Å². The highest BCUT2D eigenvalue weighted by Crippen LogP contribution is 2.28. The zero-order valence-electron chi connectivity index (χ0n) is 14.9. The predicted molar refractivity (Wildman–Crippen MR) is 105 cm³/mol. The molecule has 1 N–H and O–H groups in total. The number of aliphatic imine (C=N–C) groups is 2. The summed E-state index contributed by atoms with van der Waals surface area (Å²) in [6, 6.07) is 4.11. The van der Waals surface area contributed by atoms with Crippen LogP contribution in [0.2, 0.25) is 5.02 Å². The lowest BCUT2D eigenvalue weighted by atomic mass is 10.1. The number of hydrogen-bond acceptors (Lipinski definition) is 6. The number of esters is 1. The van der Waals surface area contributed by atoms with E-state index in [0.717, 1.165) is 11.8 Å². The van der Waals surface area contributed by atoms with Gasteiger partial charge in [-0.1, -0.05) is 23.4 Å². The van der Waals surface area contributed by atoms with E-state index in [9.17, 15) is 14.4 Å². The van der Waals surface area contributed by atoms with Crippen molar-refractivity contribution in [1.29, 1.82) is 0 Å². The third-order valence-electron chi connectivity index (χ3n) is 3.45. The van der Waals surface area contributed by atoms with Gasteiger partial charge in [0, 0.05) is 10.7 Å². The zero-order valence-corrected chi connectivity index (χ0v) is 16.5. The van der Waals surface area contributed by atoms with Crippen LogP contribution in [0.4, 0.5) is 10.5 Å². The Morgan fingerprint density at radius 1 is 1.33 bits per heavy atom. The van der Waals surface area contributed by atoms with E-state index >= 15 is 0 Å². The standard InChI is InChI=1S/C17H18ClN3O5S/c1-4-26-16(23)14-9(2)19-17(24)21-15(14)27-8-13(22)20-11-7-10(18)5-6-12(11)25-3/h5-7,14H,4,8H2,1-3H3,(H,20,22). The number of urea groups is 1. The number of nitrogens with one attached hydrogen (secondary N) is 1. The summed E-state index contributed by atoms with van der Waals surface area (Å²) in [5.41, 5.74) is 0.699. The molecular weight excluding hydrogens is 394 g/mol. The summed E-state index contributed by atoms with van der Waals surface area (Å²) in [5.74, 6) is -1.45. The van der Waals surface area contributed by atoms with Gasteiger partial charge in [-0.05, 0) is 32.0 Å². The van der Waals surface area contributed by atoms with Gasteiger partial charge < -0.3 is 14.8 Å². The predicted octanol–water partition coefficient (Wildman–Crippen LogP) is 3.19. The topological polar surface area (TPSA) is 106 Å². The highest BCUT2D eigenvalue weighted by molar-refractivity contribution is 8.14. The average Bonchev–Trinajstić information content (AvgIpc) is 2.59. The number of halogens is 1. The first-order chi connectivity index (χ1) is 12.8. The largest absolute Gasteiger partial charge is 0.495 e. The number of carbonyl (C=O) groups excluding carboxylic acids is 3. The van der Waals surface area contributed by atoms with Crippen molar-refractivity contribution in [1.82, 2.24) is 0 Å². The van der Waals surface area contributed by atoms with Gasteiger partial charge in [-0.25, -0.2) is 4.79 Å². The molecule has 1 aromatic carbocycles. The van der Waals surface area contributed by atoms with E-state index in [1.54, 1.807) is 32.0 Å². The van der Waals surface area contributed by atoms with Crippen molar-refractivity contribution in [2.75, 3.05) is 24.8 Å². The molecule has 2 rings (SSSR count). The number of thioether (sulfide) groups is 1. The molecule has 0 saturated carbocycles. The fourth-order valence-corrected chi connectivity index (χ4v) is 3.39. The van der Waals surface area contributed by atoms with Crippen LogP contribution in [0.15, 0.2) is 28.2 Å². The van der Waals surface area contributed by atoms with Gasteiger partial charge in [-0.15, -0.1) is 0 Å². The normalized spacial score (nSPS) is 16.3. The van der Waals surface area contributed by atoms with E-state index in [1.165, 1.54) is 7.11 Å². The maximum absolute atomic E-state index is 12.3. The van der Waals surface area contributed by atoms with Crippen molar-refractivity contribution in [3.05, 3.63) is 23.2 Å². The minimum Gasteiger partial charge on any atom is -0.495 e. The molecule has 1 aromatic rings. The van der Waals surface area contributed by atoms with E-state index in [2.05, 4.69) is 15.3 Å². The van der Waals surface area contributed by atoms with Crippen LogP contribution in [0, 0.1) is 5.92 Å². The van der Waals surface area contributed by atoms with Crippen LogP contribution in [-0.4, -0.2) is 48.1 Å². The molecule has 3 amide bonds. The molecule has 144 valence electrons. The molecule has 1 atom stereocenters. The molecule has 1 unspecified atom stereocenters. The maximum Gasteiger partial charge on any atom is 0.367 e. The Morgan fingerprint density at radius 3 is 2.74 bits per heavy atom. The summed E-state index contributed by atoms with van der Waals surface area (Å²) < 4.78 is 10.2.